The molecule has 49 heavy (non-hydrogen) atoms. The number of aromatic hydroxyl groups is 1. The lowest BCUT2D eigenvalue weighted by Crippen LogP contribution is -2.49. The summed E-state index contributed by atoms with van der Waals surface area (Å²) in [6.07, 6.45) is -3.60. The predicted octanol–water partition coefficient (Wildman–Crippen LogP) is 7.63. The summed E-state index contributed by atoms with van der Waals surface area (Å²) in [6, 6.07) is 21.6. The third-order valence-corrected chi connectivity index (χ3v) is 9.30. The molecule has 1 atom stereocenters. The lowest BCUT2D eigenvalue weighted by Gasteiger charge is -2.37. The van der Waals surface area contributed by atoms with Gasteiger partial charge in [0.1, 0.15) is 23.9 Å². The number of ether oxygens (including phenoxy) is 2. The van der Waals surface area contributed by atoms with Crippen LogP contribution in [0.5, 0.6) is 17.2 Å². The van der Waals surface area contributed by atoms with E-state index >= 15 is 0 Å². The van der Waals surface area contributed by atoms with E-state index < -0.39 is 28.0 Å². The summed E-state index contributed by atoms with van der Waals surface area (Å²) in [5.41, 5.74) is 3.40. The average molecular weight is 697 g/mol. The average Bonchev–Trinajstić information content (AvgIpc) is 3.04. The second-order valence-electron chi connectivity index (χ2n) is 12.0. The molecule has 13 heteroatoms. The van der Waals surface area contributed by atoms with Crippen LogP contribution in [0.1, 0.15) is 28.4 Å². The molecule has 0 aliphatic carbocycles. The summed E-state index contributed by atoms with van der Waals surface area (Å²) in [7, 11) is -4.02. The Bertz CT molecular complexity index is 2070. The molecule has 5 aromatic rings. The Hall–Kier alpha value is -4.72. The van der Waals surface area contributed by atoms with Gasteiger partial charge in [-0.1, -0.05) is 29.8 Å². The number of nitrogens with zero attached hydrogens (tertiary/aromatic N) is 2. The zero-order valence-electron chi connectivity index (χ0n) is 26.2. The Morgan fingerprint density at radius 2 is 1.67 bits per heavy atom. The molecule has 0 radical (unpaired) electrons. The van der Waals surface area contributed by atoms with Crippen molar-refractivity contribution in [3.05, 3.63) is 113 Å². The molecule has 0 unspecified atom stereocenters. The minimum atomic E-state index is -4.50. The fraction of sp³-hybridized carbons (Fsp3) is 0.250. The number of likely N-dealkylation sites (tertiary alicyclic amines) is 1. The maximum Gasteiger partial charge on any atom is 0.416 e. The molecular weight excluding hydrogens is 664 g/mol. The molecule has 8 nitrogen and oxygen atoms in total. The molecule has 0 saturated carbocycles. The van der Waals surface area contributed by atoms with Gasteiger partial charge in [0.05, 0.1) is 22.7 Å². The predicted molar refractivity (Wildman–Crippen MR) is 175 cm³/mol. The Morgan fingerprint density at radius 3 is 2.33 bits per heavy atom. The summed E-state index contributed by atoms with van der Waals surface area (Å²) in [4.78, 5) is 6.52. The number of hydrogen-bond acceptors (Lipinski definition) is 7. The van der Waals surface area contributed by atoms with E-state index in [4.69, 9.17) is 14.0 Å². The zero-order chi connectivity index (χ0) is 34.9. The van der Waals surface area contributed by atoms with Crippen molar-refractivity contribution in [1.29, 1.82) is 0 Å². The van der Waals surface area contributed by atoms with E-state index in [1.54, 1.807) is 48.7 Å². The number of benzene rings is 4. The highest BCUT2D eigenvalue weighted by molar-refractivity contribution is 7.85. The van der Waals surface area contributed by atoms with Crippen LogP contribution >= 0.6 is 0 Å². The second kappa shape index (κ2) is 13.7. The maximum absolute atomic E-state index is 13.5. The fourth-order valence-electron chi connectivity index (χ4n) is 5.84. The Kier molecular flexibility index (Phi) is 9.52. The molecule has 4 aromatic carbocycles. The van der Waals surface area contributed by atoms with E-state index in [0.29, 0.717) is 35.5 Å². The van der Waals surface area contributed by atoms with Gasteiger partial charge in [0.25, 0.3) is 10.1 Å². The standard InChI is InChI=1S/C29H24F4N2O3.C7H8O3S/c30-13-17-15-35(16-17)9-10-37-21-5-1-18(2-6-21)28-27-23-8-4-20(36)12-25(23)34-14-24(27)22-7-3-19(29(31,32)33)11-26(22)38-28;1-6-2-4-7(5-3-6)11(8,9)10/h1-8,11-12,14,17,28,36H,9-10,13,15-16H2;2-5H,1H3,(H,8,9,10)/t28-;/m0./s1. The SMILES string of the molecule is Cc1ccc(S(=O)(=O)O)cc1.Oc1ccc2c3c(cnc2c1)-c1ccc(C(F)(F)F)cc1O[C@H]3c1ccc(OCCN2CC(CF)C2)cc1. The number of fused-ring (bicyclic) bond motifs is 5. The molecule has 0 bridgehead atoms. The number of phenolic OH excluding ortho intramolecular Hbond substituents is 1. The van der Waals surface area contributed by atoms with Crippen LogP contribution in [0.15, 0.2) is 96.0 Å². The van der Waals surface area contributed by atoms with Crippen molar-refractivity contribution < 1.29 is 45.1 Å². The highest BCUT2D eigenvalue weighted by Crippen LogP contribution is 2.48. The molecule has 1 aromatic heterocycles. The lowest BCUT2D eigenvalue weighted by molar-refractivity contribution is -0.137. The summed E-state index contributed by atoms with van der Waals surface area (Å²) >= 11 is 0. The van der Waals surface area contributed by atoms with Gasteiger partial charge >= 0.3 is 6.18 Å². The number of rotatable bonds is 7. The molecule has 3 heterocycles. The molecule has 256 valence electrons. The van der Waals surface area contributed by atoms with E-state index in [2.05, 4.69) is 9.88 Å². The van der Waals surface area contributed by atoms with E-state index in [0.717, 1.165) is 47.3 Å². The van der Waals surface area contributed by atoms with Gasteiger partial charge < -0.3 is 14.6 Å². The first-order valence-electron chi connectivity index (χ1n) is 15.4. The van der Waals surface area contributed by atoms with Crippen molar-refractivity contribution in [2.24, 2.45) is 5.92 Å². The molecule has 1 saturated heterocycles. The number of halogens is 4. The van der Waals surface area contributed by atoms with Gasteiger partial charge in [0.2, 0.25) is 0 Å². The van der Waals surface area contributed by atoms with Gasteiger partial charge in [-0.05, 0) is 67.1 Å². The lowest BCUT2D eigenvalue weighted by atomic mass is 9.87. The summed E-state index contributed by atoms with van der Waals surface area (Å²) in [5.74, 6) is 0.962. The van der Waals surface area contributed by atoms with Gasteiger partial charge in [0.15, 0.2) is 6.10 Å². The smallest absolute Gasteiger partial charge is 0.416 e. The normalized spacial score (nSPS) is 16.1. The Morgan fingerprint density at radius 1 is 0.959 bits per heavy atom. The van der Waals surface area contributed by atoms with Crippen molar-refractivity contribution in [1.82, 2.24) is 9.88 Å². The van der Waals surface area contributed by atoms with E-state index in [1.165, 1.54) is 18.2 Å². The van der Waals surface area contributed by atoms with E-state index in [-0.39, 0.29) is 29.0 Å². The van der Waals surface area contributed by atoms with Crippen LogP contribution in [-0.2, 0) is 16.3 Å². The molecule has 2 aliphatic rings. The van der Waals surface area contributed by atoms with Gasteiger partial charge in [-0.2, -0.15) is 21.6 Å². The number of hydrogen-bond donors (Lipinski definition) is 2. The summed E-state index contributed by atoms with van der Waals surface area (Å²) < 4.78 is 94.6. The largest absolute Gasteiger partial charge is 0.508 e. The van der Waals surface area contributed by atoms with Gasteiger partial charge in [-0.25, -0.2) is 0 Å². The van der Waals surface area contributed by atoms with Gasteiger partial charge in [0, 0.05) is 59.9 Å². The van der Waals surface area contributed by atoms with Crippen LogP contribution in [0.3, 0.4) is 0 Å². The molecule has 0 amide bonds. The summed E-state index contributed by atoms with van der Waals surface area (Å²) in [6.45, 7) is 4.22. The first kappa shape index (κ1) is 34.2. The number of aryl methyl sites for hydroxylation is 1. The van der Waals surface area contributed by atoms with Crippen molar-refractivity contribution in [3.63, 3.8) is 0 Å². The second-order valence-corrected chi connectivity index (χ2v) is 13.4. The van der Waals surface area contributed by atoms with Crippen LogP contribution < -0.4 is 9.47 Å². The Labute approximate surface area is 280 Å². The quantitative estimate of drug-likeness (QED) is 0.132. The number of aromatic nitrogens is 1. The zero-order valence-corrected chi connectivity index (χ0v) is 27.0. The summed E-state index contributed by atoms with van der Waals surface area (Å²) in [5, 5.41) is 10.7. The van der Waals surface area contributed by atoms with Gasteiger partial charge in [-0.3, -0.25) is 18.8 Å². The molecular formula is C36H32F4N2O6S. The van der Waals surface area contributed by atoms with Crippen molar-refractivity contribution in [3.8, 4) is 28.4 Å². The molecule has 2 N–H and O–H groups in total. The van der Waals surface area contributed by atoms with Crippen molar-refractivity contribution in [2.45, 2.75) is 24.1 Å². The van der Waals surface area contributed by atoms with E-state index in [9.17, 15) is 31.1 Å². The van der Waals surface area contributed by atoms with Crippen LogP contribution in [-0.4, -0.2) is 60.9 Å². The highest BCUT2D eigenvalue weighted by atomic mass is 32.2. The Balaban J connectivity index is 0.000000324. The van der Waals surface area contributed by atoms with Crippen molar-refractivity contribution in [2.75, 3.05) is 32.9 Å². The molecule has 7 rings (SSSR count). The van der Waals surface area contributed by atoms with Crippen LogP contribution in [0.25, 0.3) is 22.0 Å². The van der Waals surface area contributed by atoms with Crippen LogP contribution in [0.4, 0.5) is 17.6 Å². The third-order valence-electron chi connectivity index (χ3n) is 8.43. The minimum absolute atomic E-state index is 0.0633. The van der Waals surface area contributed by atoms with Crippen LogP contribution in [0, 0.1) is 12.8 Å². The monoisotopic (exact) mass is 696 g/mol. The molecule has 1 fully saturated rings. The molecule has 0 spiro atoms. The minimum Gasteiger partial charge on any atom is -0.508 e. The van der Waals surface area contributed by atoms with E-state index in [1.807, 2.05) is 19.1 Å². The van der Waals surface area contributed by atoms with Crippen LogP contribution in [0.2, 0.25) is 0 Å². The molecule has 2 aliphatic heterocycles. The number of phenols is 1. The third kappa shape index (κ3) is 7.64. The number of alkyl halides is 4. The highest BCUT2D eigenvalue weighted by Gasteiger charge is 2.35. The first-order chi connectivity index (χ1) is 23.3. The first-order valence-corrected chi connectivity index (χ1v) is 16.8. The fourth-order valence-corrected chi connectivity index (χ4v) is 6.32. The topological polar surface area (TPSA) is 109 Å². The van der Waals surface area contributed by atoms with Crippen molar-refractivity contribution >= 4 is 21.0 Å². The number of pyridine rings is 1. The maximum atomic E-state index is 13.5. The van der Waals surface area contributed by atoms with Gasteiger partial charge in [-0.15, -0.1) is 0 Å².